The number of hydrogen-bond acceptors (Lipinski definition) is 4. The van der Waals surface area contributed by atoms with Crippen molar-refractivity contribution in [3.05, 3.63) is 71.6 Å². The van der Waals surface area contributed by atoms with Crippen molar-refractivity contribution in [2.24, 2.45) is 0 Å². The van der Waals surface area contributed by atoms with Gasteiger partial charge in [0.05, 0.1) is 30.0 Å². The van der Waals surface area contributed by atoms with Crippen LogP contribution < -0.4 is 10.1 Å². The molecule has 132 valence electrons. The Hall–Kier alpha value is -3.21. The van der Waals surface area contributed by atoms with Gasteiger partial charge in [0.25, 0.3) is 0 Å². The fraction of sp³-hybridized carbons (Fsp3) is 0.190. The second-order valence-electron chi connectivity index (χ2n) is 5.97. The van der Waals surface area contributed by atoms with Crippen molar-refractivity contribution in [1.29, 1.82) is 0 Å². The fourth-order valence-electron chi connectivity index (χ4n) is 2.69. The summed E-state index contributed by atoms with van der Waals surface area (Å²) in [4.78, 5) is 20.8. The van der Waals surface area contributed by atoms with Gasteiger partial charge in [0.15, 0.2) is 0 Å². The van der Waals surface area contributed by atoms with Crippen molar-refractivity contribution >= 4 is 23.0 Å². The van der Waals surface area contributed by atoms with Gasteiger partial charge in [0.1, 0.15) is 5.75 Å². The third kappa shape index (κ3) is 4.45. The SMILES string of the molecule is COc1ccc(C)cc1CCNC(=O)/C=C/c1cnc2ccccc2n1. The minimum Gasteiger partial charge on any atom is -0.496 e. The molecule has 0 radical (unpaired) electrons. The van der Waals surface area contributed by atoms with E-state index in [1.807, 2.05) is 43.3 Å². The molecule has 0 fully saturated rings. The van der Waals surface area contributed by atoms with E-state index < -0.39 is 0 Å². The Bertz CT molecular complexity index is 951. The second-order valence-corrected chi connectivity index (χ2v) is 5.97. The molecular weight excluding hydrogens is 326 g/mol. The van der Waals surface area contributed by atoms with Crippen molar-refractivity contribution in [1.82, 2.24) is 15.3 Å². The number of fused-ring (bicyclic) bond motifs is 1. The van der Waals surface area contributed by atoms with Gasteiger partial charge in [-0.25, -0.2) is 4.98 Å². The number of benzene rings is 2. The molecule has 1 heterocycles. The Labute approximate surface area is 152 Å². The summed E-state index contributed by atoms with van der Waals surface area (Å²) in [5.41, 5.74) is 4.54. The van der Waals surface area contributed by atoms with E-state index in [0.717, 1.165) is 22.3 Å². The van der Waals surface area contributed by atoms with E-state index in [1.165, 1.54) is 11.6 Å². The smallest absolute Gasteiger partial charge is 0.244 e. The number of aromatic nitrogens is 2. The van der Waals surface area contributed by atoms with Gasteiger partial charge in [-0.1, -0.05) is 29.8 Å². The standard InChI is InChI=1S/C21H21N3O2/c1-15-7-9-20(26-2)16(13-15)11-12-22-21(25)10-8-17-14-23-18-5-3-4-6-19(18)24-17/h3-10,13-14H,11-12H2,1-2H3,(H,22,25)/b10-8+. The molecule has 1 N–H and O–H groups in total. The van der Waals surface area contributed by atoms with Crippen LogP contribution in [0.3, 0.4) is 0 Å². The molecule has 1 amide bonds. The van der Waals surface area contributed by atoms with Crippen LogP contribution in [0.5, 0.6) is 5.75 Å². The van der Waals surface area contributed by atoms with Gasteiger partial charge in [0.2, 0.25) is 5.91 Å². The van der Waals surface area contributed by atoms with Gasteiger partial charge in [-0.2, -0.15) is 0 Å². The lowest BCUT2D eigenvalue weighted by Crippen LogP contribution is -2.23. The number of ether oxygens (including phenoxy) is 1. The Balaban J connectivity index is 1.56. The summed E-state index contributed by atoms with van der Waals surface area (Å²) in [6, 6.07) is 13.7. The summed E-state index contributed by atoms with van der Waals surface area (Å²) in [6.07, 6.45) is 5.51. The maximum atomic E-state index is 12.0. The predicted molar refractivity (Wildman–Crippen MR) is 103 cm³/mol. The topological polar surface area (TPSA) is 64.1 Å². The lowest BCUT2D eigenvalue weighted by molar-refractivity contribution is -0.116. The Kier molecular flexibility index (Phi) is 5.59. The number of nitrogens with zero attached hydrogens (tertiary/aromatic N) is 2. The first kappa shape index (κ1) is 17.6. The van der Waals surface area contributed by atoms with E-state index in [2.05, 4.69) is 21.4 Å². The zero-order valence-corrected chi connectivity index (χ0v) is 14.9. The van der Waals surface area contributed by atoms with Crippen LogP contribution >= 0.6 is 0 Å². The first-order valence-electron chi connectivity index (χ1n) is 8.47. The van der Waals surface area contributed by atoms with Crippen molar-refractivity contribution < 1.29 is 9.53 Å². The van der Waals surface area contributed by atoms with Gasteiger partial charge in [-0.05, 0) is 43.2 Å². The first-order valence-corrected chi connectivity index (χ1v) is 8.47. The normalized spacial score (nSPS) is 11.0. The number of carbonyl (C=O) groups excluding carboxylic acids is 1. The summed E-state index contributed by atoms with van der Waals surface area (Å²) in [5, 5.41) is 2.88. The molecule has 5 nitrogen and oxygen atoms in total. The van der Waals surface area contributed by atoms with E-state index in [4.69, 9.17) is 4.74 Å². The average Bonchev–Trinajstić information content (AvgIpc) is 2.66. The maximum Gasteiger partial charge on any atom is 0.244 e. The highest BCUT2D eigenvalue weighted by Gasteiger charge is 2.04. The Morgan fingerprint density at radius 3 is 2.81 bits per heavy atom. The molecule has 0 bridgehead atoms. The van der Waals surface area contributed by atoms with Crippen molar-refractivity contribution in [2.75, 3.05) is 13.7 Å². The van der Waals surface area contributed by atoms with Crippen molar-refractivity contribution in [2.45, 2.75) is 13.3 Å². The number of para-hydroxylation sites is 2. The molecule has 26 heavy (non-hydrogen) atoms. The van der Waals surface area contributed by atoms with E-state index in [-0.39, 0.29) is 5.91 Å². The van der Waals surface area contributed by atoms with E-state index in [0.29, 0.717) is 18.7 Å². The average molecular weight is 347 g/mol. The minimum absolute atomic E-state index is 0.161. The van der Waals surface area contributed by atoms with Crippen LogP contribution in [0.2, 0.25) is 0 Å². The summed E-state index contributed by atoms with van der Waals surface area (Å²) in [7, 11) is 1.65. The largest absolute Gasteiger partial charge is 0.496 e. The number of nitrogens with one attached hydrogen (secondary N) is 1. The van der Waals surface area contributed by atoms with Crippen LogP contribution in [0, 0.1) is 6.92 Å². The van der Waals surface area contributed by atoms with Gasteiger partial charge >= 0.3 is 0 Å². The zero-order chi connectivity index (χ0) is 18.4. The maximum absolute atomic E-state index is 12.0. The lowest BCUT2D eigenvalue weighted by atomic mass is 10.1. The van der Waals surface area contributed by atoms with E-state index in [9.17, 15) is 4.79 Å². The van der Waals surface area contributed by atoms with Crippen LogP contribution in [-0.2, 0) is 11.2 Å². The van der Waals surface area contributed by atoms with Crippen LogP contribution in [0.1, 0.15) is 16.8 Å². The van der Waals surface area contributed by atoms with Crippen molar-refractivity contribution in [3.63, 3.8) is 0 Å². The number of amides is 1. The molecule has 0 saturated heterocycles. The number of aryl methyl sites for hydroxylation is 1. The van der Waals surface area contributed by atoms with Gasteiger partial charge < -0.3 is 10.1 Å². The first-order chi connectivity index (χ1) is 12.7. The molecule has 0 aliphatic carbocycles. The molecule has 0 unspecified atom stereocenters. The number of hydrogen-bond donors (Lipinski definition) is 1. The molecule has 0 saturated carbocycles. The Morgan fingerprint density at radius 1 is 1.19 bits per heavy atom. The number of carbonyl (C=O) groups is 1. The summed E-state index contributed by atoms with van der Waals surface area (Å²) in [5.74, 6) is 0.679. The van der Waals surface area contributed by atoms with E-state index >= 15 is 0 Å². The molecule has 1 aromatic heterocycles. The summed E-state index contributed by atoms with van der Waals surface area (Å²) >= 11 is 0. The summed E-state index contributed by atoms with van der Waals surface area (Å²) in [6.45, 7) is 2.57. The molecule has 3 aromatic rings. The van der Waals surface area contributed by atoms with Crippen molar-refractivity contribution in [3.8, 4) is 5.75 Å². The minimum atomic E-state index is -0.161. The number of rotatable bonds is 6. The van der Waals surface area contributed by atoms with Crippen LogP contribution in [0.4, 0.5) is 0 Å². The highest BCUT2D eigenvalue weighted by Crippen LogP contribution is 2.19. The third-order valence-corrected chi connectivity index (χ3v) is 4.00. The lowest BCUT2D eigenvalue weighted by Gasteiger charge is -2.09. The predicted octanol–water partition coefficient (Wildman–Crippen LogP) is 3.32. The van der Waals surface area contributed by atoms with Crippen LogP contribution in [-0.4, -0.2) is 29.5 Å². The quantitative estimate of drug-likeness (QED) is 0.695. The molecule has 3 rings (SSSR count). The molecule has 0 spiro atoms. The molecule has 5 heteroatoms. The fourth-order valence-corrected chi connectivity index (χ4v) is 2.69. The molecule has 0 aliphatic heterocycles. The highest BCUT2D eigenvalue weighted by molar-refractivity contribution is 5.91. The van der Waals surface area contributed by atoms with Gasteiger partial charge in [-0.15, -0.1) is 0 Å². The number of methoxy groups -OCH3 is 1. The molecule has 0 aliphatic rings. The van der Waals surface area contributed by atoms with E-state index in [1.54, 1.807) is 19.4 Å². The van der Waals surface area contributed by atoms with Gasteiger partial charge in [-0.3, -0.25) is 9.78 Å². The molecular formula is C21H21N3O2. The van der Waals surface area contributed by atoms with Crippen LogP contribution in [0.25, 0.3) is 17.1 Å². The van der Waals surface area contributed by atoms with Gasteiger partial charge in [0, 0.05) is 12.6 Å². The zero-order valence-electron chi connectivity index (χ0n) is 14.9. The highest BCUT2D eigenvalue weighted by atomic mass is 16.5. The summed E-state index contributed by atoms with van der Waals surface area (Å²) < 4.78 is 5.36. The monoisotopic (exact) mass is 347 g/mol. The van der Waals surface area contributed by atoms with Crippen LogP contribution in [0.15, 0.2) is 54.7 Å². The third-order valence-electron chi connectivity index (χ3n) is 4.00. The Morgan fingerprint density at radius 2 is 2.00 bits per heavy atom. The second kappa shape index (κ2) is 8.25. The molecule has 0 atom stereocenters. The molecule has 2 aromatic carbocycles.